The van der Waals surface area contributed by atoms with Crippen molar-refractivity contribution in [3.63, 3.8) is 0 Å². The number of fused-ring (bicyclic) bond motifs is 2. The smallest absolute Gasteiger partial charge is 0.277 e. The van der Waals surface area contributed by atoms with E-state index in [2.05, 4.69) is 150 Å². The molecule has 0 bridgehead atoms. The molecule has 6 aromatic rings. The van der Waals surface area contributed by atoms with Crippen molar-refractivity contribution in [1.82, 2.24) is 48.9 Å². The average molecular weight is 1100 g/mol. The minimum absolute atomic E-state index is 0.158. The van der Waals surface area contributed by atoms with Crippen LogP contribution in [0.4, 0.5) is 23.3 Å². The molecule has 2 saturated heterocycles. The summed E-state index contributed by atoms with van der Waals surface area (Å²) in [5, 5.41) is 16.5. The molecule has 2 fully saturated rings. The maximum Gasteiger partial charge on any atom is 0.277 e. The van der Waals surface area contributed by atoms with Crippen LogP contribution in [0.25, 0.3) is 33.2 Å². The topological polar surface area (TPSA) is 160 Å². The molecule has 2 aliphatic heterocycles. The second-order valence-corrected chi connectivity index (χ2v) is 41.8. The summed E-state index contributed by atoms with van der Waals surface area (Å²) in [4.78, 5) is 36.0. The number of hydrogen-bond acceptors (Lipinski definition) is 13. The summed E-state index contributed by atoms with van der Waals surface area (Å²) in [5.41, 5.74) is 1.82. The number of nitrogens with one attached hydrogen (secondary N) is 1. The highest BCUT2D eigenvalue weighted by Crippen LogP contribution is 2.40. The van der Waals surface area contributed by atoms with E-state index in [0.29, 0.717) is 48.1 Å². The Kier molecular flexibility index (Phi) is 17.2. The van der Waals surface area contributed by atoms with Gasteiger partial charge in [-0.2, -0.15) is 10.2 Å². The van der Waals surface area contributed by atoms with Crippen molar-refractivity contribution in [1.29, 1.82) is 0 Å². The van der Waals surface area contributed by atoms with Gasteiger partial charge in [-0.3, -0.25) is 23.5 Å². The highest BCUT2D eigenvalue weighted by Gasteiger charge is 2.39. The first-order valence-electron chi connectivity index (χ1n) is 27.0. The van der Waals surface area contributed by atoms with Gasteiger partial charge in [-0.1, -0.05) is 72.8 Å². The monoisotopic (exact) mass is 1100 g/mol. The lowest BCUT2D eigenvalue weighted by Gasteiger charge is -2.37. The summed E-state index contributed by atoms with van der Waals surface area (Å²) in [6.07, 6.45) is 11.3. The van der Waals surface area contributed by atoms with Gasteiger partial charge in [0.1, 0.15) is 29.1 Å². The first kappa shape index (κ1) is 58.2. The quantitative estimate of drug-likeness (QED) is 0.0437. The van der Waals surface area contributed by atoms with Gasteiger partial charge in [-0.25, -0.2) is 19.9 Å². The Hall–Kier alpha value is -4.45. The lowest BCUT2D eigenvalue weighted by molar-refractivity contribution is 0.0703. The lowest BCUT2D eigenvalue weighted by Crippen LogP contribution is -2.42. The summed E-state index contributed by atoms with van der Waals surface area (Å²) in [7, 11) is -3.08. The highest BCUT2D eigenvalue weighted by atomic mass is 35.5. The average Bonchev–Trinajstić information content (AvgIpc) is 3.91. The Morgan fingerprint density at radius 1 is 0.680 bits per heavy atom. The third-order valence-corrected chi connectivity index (χ3v) is 27.0. The van der Waals surface area contributed by atoms with Crippen molar-refractivity contribution < 1.29 is 13.6 Å². The number of halogens is 1. The lowest BCUT2D eigenvalue weighted by atomic mass is 10.0. The molecular weight excluding hydrogens is 1010 g/mol. The van der Waals surface area contributed by atoms with Gasteiger partial charge in [-0.15, -0.1) is 0 Å². The summed E-state index contributed by atoms with van der Waals surface area (Å²) in [6.45, 7) is 45.2. The standard InChI is InChI=1S/C34H55N9O3Si2.C20H33ClN4OSi/c1-33(2,3)48(10,11)46-18-14-34(4,5)43-27-21-29(36-22-25(27)31(39-43)41-16-12-17-41)37-28-13-15-35-30(38-28)26-23-42(40(6)32(26)44)24-45-19-20-47(7,8)9;1-19(2,3)27(6,7)26-12-9-20(4,5)25-16-13-17(21)22-14-15(16)18(23-25)24-10-8-11-24/h13,15,21-23H,12,14,16-20,24H2,1-11H3,(H,35,36,37,38);13-14H,8-12H2,1-7H3. The van der Waals surface area contributed by atoms with Gasteiger partial charge in [0, 0.05) is 98.0 Å². The summed E-state index contributed by atoms with van der Waals surface area (Å²) >= 11 is 6.21. The molecule has 0 unspecified atom stereocenters. The van der Waals surface area contributed by atoms with Crippen LogP contribution in [0.5, 0.6) is 0 Å². The van der Waals surface area contributed by atoms with E-state index >= 15 is 0 Å². The highest BCUT2D eigenvalue weighted by molar-refractivity contribution is 6.76. The van der Waals surface area contributed by atoms with E-state index in [4.69, 9.17) is 45.4 Å². The molecule has 8 heterocycles. The molecule has 1 N–H and O–H groups in total. The van der Waals surface area contributed by atoms with Crippen LogP contribution >= 0.6 is 11.6 Å². The summed E-state index contributed by atoms with van der Waals surface area (Å²) in [6, 6.07) is 6.82. The molecule has 412 valence electrons. The van der Waals surface area contributed by atoms with Crippen molar-refractivity contribution in [2.24, 2.45) is 7.05 Å². The van der Waals surface area contributed by atoms with Crippen LogP contribution in [0.3, 0.4) is 0 Å². The molecule has 2 aliphatic rings. The van der Waals surface area contributed by atoms with Gasteiger partial charge in [-0.05, 0) is 102 Å². The first-order valence-corrected chi connectivity index (χ1v) is 36.9. The number of ether oxygens (including phenoxy) is 1. The van der Waals surface area contributed by atoms with E-state index in [0.717, 1.165) is 85.1 Å². The molecule has 17 nitrogen and oxygen atoms in total. The largest absolute Gasteiger partial charge is 0.417 e. The fraction of sp³-hybridized carbons (Fsp3) is 0.648. The number of aromatic nitrogens is 10. The molecule has 75 heavy (non-hydrogen) atoms. The van der Waals surface area contributed by atoms with E-state index in [-0.39, 0.29) is 26.7 Å². The van der Waals surface area contributed by atoms with Gasteiger partial charge in [0.15, 0.2) is 34.1 Å². The Balaban J connectivity index is 0.000000256. The fourth-order valence-electron chi connectivity index (χ4n) is 8.32. The molecule has 8 rings (SSSR count). The van der Waals surface area contributed by atoms with Crippen LogP contribution < -0.4 is 20.7 Å². The van der Waals surface area contributed by atoms with Crippen LogP contribution in [0.2, 0.25) is 67.1 Å². The minimum Gasteiger partial charge on any atom is -0.417 e. The van der Waals surface area contributed by atoms with Crippen LogP contribution in [0.1, 0.15) is 94.9 Å². The Morgan fingerprint density at radius 3 is 1.67 bits per heavy atom. The number of pyridine rings is 2. The van der Waals surface area contributed by atoms with Crippen molar-refractivity contribution in [3.8, 4) is 11.4 Å². The molecule has 0 amide bonds. The van der Waals surface area contributed by atoms with Crippen LogP contribution in [0, 0.1) is 0 Å². The second-order valence-electron chi connectivity index (χ2n) is 26.2. The van der Waals surface area contributed by atoms with Crippen LogP contribution in [-0.4, -0.2) is 120 Å². The molecule has 0 aliphatic carbocycles. The number of rotatable bonds is 20. The van der Waals surface area contributed by atoms with Gasteiger partial charge in [0.2, 0.25) is 0 Å². The molecule has 6 aromatic heterocycles. The predicted octanol–water partition coefficient (Wildman–Crippen LogP) is 12.2. The van der Waals surface area contributed by atoms with Gasteiger partial charge in [0.25, 0.3) is 5.56 Å². The van der Waals surface area contributed by atoms with Crippen LogP contribution in [0.15, 0.2) is 47.8 Å². The number of nitrogens with zero attached hydrogens (tertiary/aromatic N) is 12. The fourth-order valence-corrected chi connectivity index (χ4v) is 11.3. The van der Waals surface area contributed by atoms with E-state index in [9.17, 15) is 4.79 Å². The molecule has 0 aromatic carbocycles. The van der Waals surface area contributed by atoms with Gasteiger partial charge in [0.05, 0.1) is 32.9 Å². The first-order chi connectivity index (χ1) is 34.8. The maximum atomic E-state index is 13.2. The molecule has 0 saturated carbocycles. The van der Waals surface area contributed by atoms with Crippen molar-refractivity contribution in [2.75, 3.05) is 61.1 Å². The summed E-state index contributed by atoms with van der Waals surface area (Å²) < 4.78 is 26.4. The predicted molar refractivity (Wildman–Crippen MR) is 316 cm³/mol. The van der Waals surface area contributed by atoms with Crippen molar-refractivity contribution >= 4 is 81.4 Å². The molecule has 0 atom stereocenters. The van der Waals surface area contributed by atoms with Gasteiger partial charge >= 0.3 is 0 Å². The Morgan fingerprint density at radius 2 is 1.19 bits per heavy atom. The molecule has 21 heteroatoms. The zero-order chi connectivity index (χ0) is 55.1. The second kappa shape index (κ2) is 22.1. The number of anilines is 4. The Labute approximate surface area is 454 Å². The van der Waals surface area contributed by atoms with Gasteiger partial charge < -0.3 is 28.7 Å². The maximum absolute atomic E-state index is 13.2. The van der Waals surface area contributed by atoms with E-state index in [1.807, 2.05) is 24.5 Å². The zero-order valence-electron chi connectivity index (χ0n) is 48.6. The van der Waals surface area contributed by atoms with Crippen molar-refractivity contribution in [2.45, 2.75) is 175 Å². The minimum atomic E-state index is -1.87. The third kappa shape index (κ3) is 13.5. The van der Waals surface area contributed by atoms with E-state index < -0.39 is 24.7 Å². The van der Waals surface area contributed by atoms with E-state index in [1.165, 1.54) is 12.8 Å². The number of hydrogen-bond donors (Lipinski definition) is 1. The summed E-state index contributed by atoms with van der Waals surface area (Å²) in [5.74, 6) is 3.53. The van der Waals surface area contributed by atoms with Crippen molar-refractivity contribution in [3.05, 3.63) is 58.5 Å². The molecule has 0 radical (unpaired) electrons. The van der Waals surface area contributed by atoms with Crippen LogP contribution in [-0.2, 0) is 38.4 Å². The van der Waals surface area contributed by atoms with E-state index in [1.54, 1.807) is 34.9 Å². The Bertz CT molecular complexity index is 2990. The zero-order valence-corrected chi connectivity index (χ0v) is 52.4. The molecule has 0 spiro atoms. The molecular formula is C54H88ClN13O4Si3. The normalized spacial score (nSPS) is 15.1. The third-order valence-electron chi connectivity index (χ3n) is 16.0. The SMILES string of the molecule is CC(C)(CCO[Si](C)(C)C(C)(C)C)n1nc(N2CCC2)c2cnc(Cl)cc21.Cn1c(=O)c(-c2nccc(Nc3cc4c(cn3)c(N3CCC3)nn4C(C)(C)CCO[Si](C)(C)C(C)(C)C)n2)cn1COCC[Si](C)(C)C.